The highest BCUT2D eigenvalue weighted by molar-refractivity contribution is 7.85. The molecule has 1 rings (SSSR count). The molecule has 0 heterocycles. The van der Waals surface area contributed by atoms with Crippen LogP contribution in [0.2, 0.25) is 0 Å². The van der Waals surface area contributed by atoms with Gasteiger partial charge in [0.1, 0.15) is 0 Å². The topological polar surface area (TPSA) is 29.1 Å². The Kier molecular flexibility index (Phi) is 4.96. The molecule has 0 aromatic rings. The van der Waals surface area contributed by atoms with Gasteiger partial charge in [0.2, 0.25) is 0 Å². The van der Waals surface area contributed by atoms with Crippen molar-refractivity contribution >= 4 is 10.8 Å². The van der Waals surface area contributed by atoms with Crippen LogP contribution >= 0.6 is 0 Å². The second kappa shape index (κ2) is 5.76. The molecule has 3 unspecified atom stereocenters. The molecule has 0 saturated heterocycles. The van der Waals surface area contributed by atoms with Crippen molar-refractivity contribution in [2.45, 2.75) is 50.3 Å². The van der Waals surface area contributed by atoms with Crippen LogP contribution in [0.15, 0.2) is 0 Å². The number of hydrogen-bond acceptors (Lipinski definition) is 2. The van der Waals surface area contributed by atoms with E-state index in [2.05, 4.69) is 12.2 Å². The van der Waals surface area contributed by atoms with Crippen molar-refractivity contribution in [1.82, 2.24) is 5.32 Å². The summed E-state index contributed by atoms with van der Waals surface area (Å²) in [6.07, 6.45) is 5.87. The molecule has 0 bridgehead atoms. The van der Waals surface area contributed by atoms with Crippen LogP contribution in [0.1, 0.15) is 39.0 Å². The first-order chi connectivity index (χ1) is 6.29. The van der Waals surface area contributed by atoms with Crippen molar-refractivity contribution in [3.05, 3.63) is 0 Å². The Morgan fingerprint density at radius 3 is 2.85 bits per heavy atom. The van der Waals surface area contributed by atoms with Gasteiger partial charge in [-0.1, -0.05) is 19.8 Å². The van der Waals surface area contributed by atoms with E-state index in [1.807, 2.05) is 7.05 Å². The van der Waals surface area contributed by atoms with Gasteiger partial charge in [-0.25, -0.2) is 0 Å². The molecule has 1 saturated carbocycles. The van der Waals surface area contributed by atoms with Crippen molar-refractivity contribution in [2.24, 2.45) is 0 Å². The van der Waals surface area contributed by atoms with Gasteiger partial charge in [-0.15, -0.1) is 0 Å². The monoisotopic (exact) mass is 203 g/mol. The summed E-state index contributed by atoms with van der Waals surface area (Å²) in [7, 11) is 1.40. The number of rotatable bonds is 5. The molecule has 0 radical (unpaired) electrons. The van der Waals surface area contributed by atoms with E-state index < -0.39 is 10.8 Å². The van der Waals surface area contributed by atoms with E-state index in [0.29, 0.717) is 11.3 Å². The van der Waals surface area contributed by atoms with Gasteiger partial charge in [0.15, 0.2) is 0 Å². The molecule has 13 heavy (non-hydrogen) atoms. The van der Waals surface area contributed by atoms with Crippen molar-refractivity contribution in [3.8, 4) is 0 Å². The third-order valence-corrected chi connectivity index (χ3v) is 4.79. The van der Waals surface area contributed by atoms with Gasteiger partial charge in [-0.3, -0.25) is 4.21 Å². The average molecular weight is 203 g/mol. The molecule has 0 aromatic heterocycles. The Morgan fingerprint density at radius 2 is 2.23 bits per heavy atom. The quantitative estimate of drug-likeness (QED) is 0.736. The van der Waals surface area contributed by atoms with Gasteiger partial charge in [-0.05, 0) is 26.3 Å². The second-order valence-electron chi connectivity index (χ2n) is 3.80. The third kappa shape index (κ3) is 3.06. The van der Waals surface area contributed by atoms with E-state index in [-0.39, 0.29) is 0 Å². The fourth-order valence-electron chi connectivity index (χ4n) is 2.01. The summed E-state index contributed by atoms with van der Waals surface area (Å²) in [5, 5.41) is 3.71. The maximum Gasteiger partial charge on any atom is 0.0501 e. The molecule has 1 N–H and O–H groups in total. The standard InChI is InChI=1S/C10H21NOS/c1-3-4-8-13(12)10-7-5-6-9(10)11-2/h9-11H,3-8H2,1-2H3. The molecule has 0 aliphatic heterocycles. The highest BCUT2D eigenvalue weighted by Crippen LogP contribution is 2.24. The summed E-state index contributed by atoms with van der Waals surface area (Å²) in [5.74, 6) is 0.902. The summed E-state index contributed by atoms with van der Waals surface area (Å²) < 4.78 is 11.8. The van der Waals surface area contributed by atoms with Crippen LogP contribution in [0.5, 0.6) is 0 Å². The lowest BCUT2D eigenvalue weighted by atomic mass is 10.2. The minimum atomic E-state index is -0.588. The molecule has 78 valence electrons. The summed E-state index contributed by atoms with van der Waals surface area (Å²) >= 11 is 0. The van der Waals surface area contributed by atoms with Crippen molar-refractivity contribution in [1.29, 1.82) is 0 Å². The summed E-state index contributed by atoms with van der Waals surface area (Å²) in [4.78, 5) is 0. The number of unbranched alkanes of at least 4 members (excludes halogenated alkanes) is 1. The van der Waals surface area contributed by atoms with Crippen LogP contribution in [-0.2, 0) is 10.8 Å². The molecular formula is C10H21NOS. The molecule has 1 aliphatic rings. The summed E-state index contributed by atoms with van der Waals surface area (Å²) in [6, 6.07) is 0.512. The highest BCUT2D eigenvalue weighted by atomic mass is 32.2. The van der Waals surface area contributed by atoms with E-state index in [1.165, 1.54) is 12.8 Å². The summed E-state index contributed by atoms with van der Waals surface area (Å²) in [5.41, 5.74) is 0. The predicted molar refractivity (Wildman–Crippen MR) is 58.4 cm³/mol. The van der Waals surface area contributed by atoms with Crippen LogP contribution in [-0.4, -0.2) is 28.3 Å². The van der Waals surface area contributed by atoms with Gasteiger partial charge in [0.05, 0.1) is 5.25 Å². The Labute approximate surface area is 83.9 Å². The van der Waals surface area contributed by atoms with Crippen LogP contribution < -0.4 is 5.32 Å². The molecule has 1 fully saturated rings. The Bertz CT molecular complexity index is 172. The molecule has 3 atom stereocenters. The Balaban J connectivity index is 2.36. The fraction of sp³-hybridized carbons (Fsp3) is 1.00. The second-order valence-corrected chi connectivity index (χ2v) is 5.58. The zero-order valence-electron chi connectivity index (χ0n) is 8.71. The lowest BCUT2D eigenvalue weighted by Crippen LogP contribution is -2.36. The molecule has 0 spiro atoms. The largest absolute Gasteiger partial charge is 0.316 e. The zero-order chi connectivity index (χ0) is 9.68. The van der Waals surface area contributed by atoms with Crippen molar-refractivity contribution in [3.63, 3.8) is 0 Å². The lowest BCUT2D eigenvalue weighted by Gasteiger charge is -2.18. The normalized spacial score (nSPS) is 30.6. The third-order valence-electron chi connectivity index (χ3n) is 2.86. The van der Waals surface area contributed by atoms with Gasteiger partial charge in [0, 0.05) is 22.6 Å². The molecule has 0 aromatic carbocycles. The van der Waals surface area contributed by atoms with E-state index in [9.17, 15) is 4.21 Å². The average Bonchev–Trinajstić information content (AvgIpc) is 2.61. The molecule has 0 amide bonds. The van der Waals surface area contributed by atoms with Crippen LogP contribution in [0.25, 0.3) is 0 Å². The minimum Gasteiger partial charge on any atom is -0.316 e. The number of nitrogens with one attached hydrogen (secondary N) is 1. The SMILES string of the molecule is CCCCS(=O)C1CCCC1NC. The van der Waals surface area contributed by atoms with Crippen LogP contribution in [0.3, 0.4) is 0 Å². The van der Waals surface area contributed by atoms with Crippen molar-refractivity contribution in [2.75, 3.05) is 12.8 Å². The molecular weight excluding hydrogens is 182 g/mol. The maximum absolute atomic E-state index is 11.8. The molecule has 2 nitrogen and oxygen atoms in total. The first-order valence-corrected chi connectivity index (χ1v) is 6.72. The predicted octanol–water partition coefficient (Wildman–Crippen LogP) is 1.68. The molecule has 1 aliphatic carbocycles. The minimum absolute atomic E-state index is 0.427. The van der Waals surface area contributed by atoms with Crippen LogP contribution in [0, 0.1) is 0 Å². The maximum atomic E-state index is 11.8. The highest BCUT2D eigenvalue weighted by Gasteiger charge is 2.30. The Hall–Kier alpha value is 0.110. The van der Waals surface area contributed by atoms with Crippen molar-refractivity contribution < 1.29 is 4.21 Å². The Morgan fingerprint density at radius 1 is 1.46 bits per heavy atom. The lowest BCUT2D eigenvalue weighted by molar-refractivity contribution is 0.575. The first kappa shape index (κ1) is 11.2. The number of hydrogen-bond donors (Lipinski definition) is 1. The van der Waals surface area contributed by atoms with Crippen LogP contribution in [0.4, 0.5) is 0 Å². The van der Waals surface area contributed by atoms with E-state index in [4.69, 9.17) is 0 Å². The molecule has 3 heteroatoms. The zero-order valence-corrected chi connectivity index (χ0v) is 9.53. The smallest absolute Gasteiger partial charge is 0.0501 e. The van der Waals surface area contributed by atoms with Gasteiger partial charge >= 0.3 is 0 Å². The van der Waals surface area contributed by atoms with Gasteiger partial charge < -0.3 is 5.32 Å². The van der Waals surface area contributed by atoms with Gasteiger partial charge in [0.25, 0.3) is 0 Å². The first-order valence-electron chi connectivity index (χ1n) is 5.34. The fourth-order valence-corrected chi connectivity index (χ4v) is 3.95. The van der Waals surface area contributed by atoms with E-state index >= 15 is 0 Å². The van der Waals surface area contributed by atoms with E-state index in [0.717, 1.165) is 25.0 Å². The summed E-state index contributed by atoms with van der Waals surface area (Å²) in [6.45, 7) is 2.15. The van der Waals surface area contributed by atoms with Gasteiger partial charge in [-0.2, -0.15) is 0 Å². The van der Waals surface area contributed by atoms with E-state index in [1.54, 1.807) is 0 Å².